The van der Waals surface area contributed by atoms with Gasteiger partial charge in [0.1, 0.15) is 0 Å². The Hall–Kier alpha value is -0.860. The van der Waals surface area contributed by atoms with E-state index in [0.717, 1.165) is 31.8 Å². The van der Waals surface area contributed by atoms with E-state index in [4.69, 9.17) is 0 Å². The van der Waals surface area contributed by atoms with Crippen molar-refractivity contribution in [2.75, 3.05) is 13.6 Å². The quantitative estimate of drug-likeness (QED) is 0.782. The highest BCUT2D eigenvalue weighted by Crippen LogP contribution is 2.34. The lowest BCUT2D eigenvalue weighted by atomic mass is 10.1. The zero-order valence-corrected chi connectivity index (χ0v) is 10.7. The highest BCUT2D eigenvalue weighted by atomic mass is 16.3. The van der Waals surface area contributed by atoms with Gasteiger partial charge in [-0.05, 0) is 31.4 Å². The Bertz CT molecular complexity index is 321. The molecule has 0 amide bonds. The first-order chi connectivity index (χ1) is 8.24. The zero-order chi connectivity index (χ0) is 12.1. The summed E-state index contributed by atoms with van der Waals surface area (Å²) in [5.41, 5.74) is 1.34. The van der Waals surface area contributed by atoms with Gasteiger partial charge in [0.15, 0.2) is 0 Å². The lowest BCUT2D eigenvalue weighted by Crippen LogP contribution is -2.23. The van der Waals surface area contributed by atoms with E-state index in [2.05, 4.69) is 36.2 Å². The molecule has 0 bridgehead atoms. The average molecular weight is 233 g/mol. The molecule has 1 aliphatic carbocycles. The Morgan fingerprint density at radius 3 is 2.65 bits per heavy atom. The molecule has 0 spiro atoms. The fraction of sp³-hybridized carbons (Fsp3) is 0.600. The fourth-order valence-electron chi connectivity index (χ4n) is 2.20. The van der Waals surface area contributed by atoms with Gasteiger partial charge in [-0.3, -0.25) is 0 Å². The van der Waals surface area contributed by atoms with Gasteiger partial charge in [-0.1, -0.05) is 43.2 Å². The Morgan fingerprint density at radius 1 is 1.29 bits per heavy atom. The molecule has 1 aliphatic rings. The molecular weight excluding hydrogens is 210 g/mol. The number of nitrogens with zero attached hydrogens (tertiary/aromatic N) is 1. The van der Waals surface area contributed by atoms with Crippen molar-refractivity contribution in [3.05, 3.63) is 35.9 Å². The second-order valence-corrected chi connectivity index (χ2v) is 5.34. The summed E-state index contributed by atoms with van der Waals surface area (Å²) in [6, 6.07) is 10.5. The predicted molar refractivity (Wildman–Crippen MR) is 70.7 cm³/mol. The van der Waals surface area contributed by atoms with Crippen molar-refractivity contribution < 1.29 is 5.11 Å². The lowest BCUT2D eigenvalue weighted by molar-refractivity contribution is 0.131. The minimum absolute atomic E-state index is 0.0966. The molecule has 0 unspecified atom stereocenters. The molecule has 0 aromatic heterocycles. The highest BCUT2D eigenvalue weighted by Gasteiger charge is 2.24. The Balaban J connectivity index is 1.64. The Labute approximate surface area is 104 Å². The Kier molecular flexibility index (Phi) is 4.57. The van der Waals surface area contributed by atoms with Crippen LogP contribution in [0.3, 0.4) is 0 Å². The van der Waals surface area contributed by atoms with Gasteiger partial charge in [0.2, 0.25) is 0 Å². The van der Waals surface area contributed by atoms with Gasteiger partial charge in [-0.2, -0.15) is 0 Å². The molecule has 1 saturated carbocycles. The maximum absolute atomic E-state index is 9.85. The van der Waals surface area contributed by atoms with Crippen LogP contribution in [-0.4, -0.2) is 29.7 Å². The third-order valence-electron chi connectivity index (χ3n) is 3.44. The molecular formula is C15H23NO. The van der Waals surface area contributed by atoms with E-state index in [1.807, 2.05) is 6.07 Å². The van der Waals surface area contributed by atoms with Crippen LogP contribution in [0.25, 0.3) is 0 Å². The minimum atomic E-state index is -0.0966. The molecule has 2 rings (SSSR count). The summed E-state index contributed by atoms with van der Waals surface area (Å²) in [4.78, 5) is 2.28. The van der Waals surface area contributed by atoms with E-state index in [1.54, 1.807) is 0 Å². The van der Waals surface area contributed by atoms with Gasteiger partial charge in [-0.25, -0.2) is 0 Å². The first kappa shape index (κ1) is 12.6. The predicted octanol–water partition coefficient (Wildman–Crippen LogP) is 2.67. The summed E-state index contributed by atoms with van der Waals surface area (Å²) in [5, 5.41) is 9.85. The largest absolute Gasteiger partial charge is 0.393 e. The Morgan fingerprint density at radius 2 is 2.00 bits per heavy atom. The molecule has 94 valence electrons. The minimum Gasteiger partial charge on any atom is -0.393 e. The number of benzene rings is 1. The van der Waals surface area contributed by atoms with Crippen LogP contribution in [0.15, 0.2) is 30.3 Å². The van der Waals surface area contributed by atoms with Crippen LogP contribution in [0, 0.1) is 5.92 Å². The molecule has 1 aromatic rings. The van der Waals surface area contributed by atoms with Crippen molar-refractivity contribution in [3.63, 3.8) is 0 Å². The third kappa shape index (κ3) is 4.88. The molecule has 1 N–H and O–H groups in total. The monoisotopic (exact) mass is 233 g/mol. The maximum atomic E-state index is 9.85. The number of rotatable bonds is 7. The second-order valence-electron chi connectivity index (χ2n) is 5.34. The molecule has 0 saturated heterocycles. The first-order valence-corrected chi connectivity index (χ1v) is 6.64. The summed E-state index contributed by atoms with van der Waals surface area (Å²) in [6.45, 7) is 1.94. The molecule has 2 heteroatoms. The molecule has 0 heterocycles. The average Bonchev–Trinajstić information content (AvgIpc) is 3.12. The van der Waals surface area contributed by atoms with Crippen molar-refractivity contribution in [1.29, 1.82) is 0 Å². The molecule has 2 nitrogen and oxygen atoms in total. The number of hydrogen-bond donors (Lipinski definition) is 1. The summed E-state index contributed by atoms with van der Waals surface area (Å²) in [5.74, 6) is 0.824. The maximum Gasteiger partial charge on any atom is 0.0555 e. The summed E-state index contributed by atoms with van der Waals surface area (Å²) < 4.78 is 0. The van der Waals surface area contributed by atoms with Crippen LogP contribution in [-0.2, 0) is 6.54 Å². The topological polar surface area (TPSA) is 23.5 Å². The molecule has 1 aromatic carbocycles. The second kappa shape index (κ2) is 6.18. The highest BCUT2D eigenvalue weighted by molar-refractivity contribution is 5.14. The first-order valence-electron chi connectivity index (χ1n) is 6.64. The van der Waals surface area contributed by atoms with E-state index in [0.29, 0.717) is 0 Å². The van der Waals surface area contributed by atoms with Gasteiger partial charge >= 0.3 is 0 Å². The summed E-state index contributed by atoms with van der Waals surface area (Å²) in [7, 11) is 2.12. The fourth-order valence-corrected chi connectivity index (χ4v) is 2.20. The standard InChI is InChI=1S/C15H23NO/c1-16(12-14-5-3-2-4-6-14)10-9-15(17)11-13-7-8-13/h2-6,13,15,17H,7-12H2,1H3/t15-/m1/s1. The van der Waals surface area contributed by atoms with Crippen LogP contribution in [0.2, 0.25) is 0 Å². The van der Waals surface area contributed by atoms with E-state index in [9.17, 15) is 5.11 Å². The van der Waals surface area contributed by atoms with Crippen LogP contribution < -0.4 is 0 Å². The number of aliphatic hydroxyl groups excluding tert-OH is 1. The molecule has 0 radical (unpaired) electrons. The number of aliphatic hydroxyl groups is 1. The van der Waals surface area contributed by atoms with Gasteiger partial charge in [0.25, 0.3) is 0 Å². The zero-order valence-electron chi connectivity index (χ0n) is 10.7. The molecule has 0 aliphatic heterocycles. The van der Waals surface area contributed by atoms with Crippen molar-refractivity contribution in [1.82, 2.24) is 4.90 Å². The lowest BCUT2D eigenvalue weighted by Gasteiger charge is -2.18. The molecule has 1 atom stereocenters. The van der Waals surface area contributed by atoms with Crippen molar-refractivity contribution >= 4 is 0 Å². The third-order valence-corrected chi connectivity index (χ3v) is 3.44. The smallest absolute Gasteiger partial charge is 0.0555 e. The van der Waals surface area contributed by atoms with Crippen LogP contribution in [0.5, 0.6) is 0 Å². The SMILES string of the molecule is CN(CC[C@@H](O)CC1CC1)Cc1ccccc1. The van der Waals surface area contributed by atoms with E-state index in [-0.39, 0.29) is 6.10 Å². The van der Waals surface area contributed by atoms with Gasteiger partial charge in [0.05, 0.1) is 6.10 Å². The van der Waals surface area contributed by atoms with Crippen molar-refractivity contribution in [3.8, 4) is 0 Å². The van der Waals surface area contributed by atoms with Crippen molar-refractivity contribution in [2.45, 2.75) is 38.3 Å². The number of hydrogen-bond acceptors (Lipinski definition) is 2. The van der Waals surface area contributed by atoms with E-state index >= 15 is 0 Å². The van der Waals surface area contributed by atoms with Crippen molar-refractivity contribution in [2.24, 2.45) is 5.92 Å². The summed E-state index contributed by atoms with van der Waals surface area (Å²) in [6.07, 6.45) is 4.48. The van der Waals surface area contributed by atoms with Crippen LogP contribution in [0.4, 0.5) is 0 Å². The van der Waals surface area contributed by atoms with Crippen LogP contribution in [0.1, 0.15) is 31.2 Å². The molecule has 1 fully saturated rings. The van der Waals surface area contributed by atoms with Gasteiger partial charge in [0, 0.05) is 13.1 Å². The van der Waals surface area contributed by atoms with Gasteiger partial charge in [-0.15, -0.1) is 0 Å². The van der Waals surface area contributed by atoms with Gasteiger partial charge < -0.3 is 10.0 Å². The summed E-state index contributed by atoms with van der Waals surface area (Å²) >= 11 is 0. The van der Waals surface area contributed by atoms with E-state index in [1.165, 1.54) is 18.4 Å². The van der Waals surface area contributed by atoms with E-state index < -0.39 is 0 Å². The normalized spacial score (nSPS) is 17.4. The van der Waals surface area contributed by atoms with Crippen LogP contribution >= 0.6 is 0 Å². The molecule has 17 heavy (non-hydrogen) atoms.